The second-order valence-corrected chi connectivity index (χ2v) is 9.32. The maximum absolute atomic E-state index is 12.6. The summed E-state index contributed by atoms with van der Waals surface area (Å²) < 4.78 is 23.3. The van der Waals surface area contributed by atoms with Gasteiger partial charge in [-0.1, -0.05) is 23.5 Å². The van der Waals surface area contributed by atoms with E-state index < -0.39 is 9.84 Å². The smallest absolute Gasteiger partial charge is 0.204 e. The molecule has 2 unspecified atom stereocenters. The standard InChI is InChI=1S/C16H16N2O3S2/c1-23(20,21)13-4-2-3-10(6-13)15(19)14-7-17-16(22-14)18-8-11-5-12(11)9-18/h2-4,6-7,11-12H,5,8-9H2,1H3. The third-order valence-corrected chi connectivity index (χ3v) is 6.66. The Balaban J connectivity index is 1.58. The van der Waals surface area contributed by atoms with Crippen LogP contribution < -0.4 is 4.90 Å². The molecule has 2 fully saturated rings. The fourth-order valence-electron chi connectivity index (χ4n) is 3.08. The number of benzene rings is 1. The Morgan fingerprint density at radius 3 is 2.74 bits per heavy atom. The Morgan fingerprint density at radius 2 is 2.04 bits per heavy atom. The summed E-state index contributed by atoms with van der Waals surface area (Å²) in [4.78, 5) is 19.9. The maximum atomic E-state index is 12.6. The van der Waals surface area contributed by atoms with E-state index in [2.05, 4.69) is 9.88 Å². The summed E-state index contributed by atoms with van der Waals surface area (Å²) in [5.41, 5.74) is 0.382. The summed E-state index contributed by atoms with van der Waals surface area (Å²) in [6.45, 7) is 2.07. The van der Waals surface area contributed by atoms with E-state index in [1.807, 2.05) is 0 Å². The molecule has 1 aliphatic heterocycles. The molecule has 0 amide bonds. The molecule has 0 bridgehead atoms. The third-order valence-electron chi connectivity index (χ3n) is 4.49. The molecule has 1 aromatic carbocycles. The second-order valence-electron chi connectivity index (χ2n) is 6.30. The van der Waals surface area contributed by atoms with Crippen LogP contribution in [0.25, 0.3) is 0 Å². The summed E-state index contributed by atoms with van der Waals surface area (Å²) in [5.74, 6) is 1.44. The highest BCUT2D eigenvalue weighted by atomic mass is 32.2. The number of thiazole rings is 1. The molecule has 0 spiro atoms. The molecule has 2 heterocycles. The van der Waals surface area contributed by atoms with Gasteiger partial charge in [-0.25, -0.2) is 13.4 Å². The summed E-state index contributed by atoms with van der Waals surface area (Å²) >= 11 is 1.38. The summed E-state index contributed by atoms with van der Waals surface area (Å²) in [6.07, 6.45) is 4.06. The Morgan fingerprint density at radius 1 is 1.30 bits per heavy atom. The number of anilines is 1. The average molecular weight is 348 g/mol. The molecule has 120 valence electrons. The fraction of sp³-hybridized carbons (Fsp3) is 0.375. The van der Waals surface area contributed by atoms with Gasteiger partial charge in [0.25, 0.3) is 0 Å². The molecule has 1 aliphatic carbocycles. The number of carbonyl (C=O) groups excluding carboxylic acids is 1. The first-order chi connectivity index (χ1) is 10.9. The number of hydrogen-bond acceptors (Lipinski definition) is 6. The van der Waals surface area contributed by atoms with E-state index in [9.17, 15) is 13.2 Å². The van der Waals surface area contributed by atoms with Gasteiger partial charge in [0.15, 0.2) is 15.0 Å². The lowest BCUT2D eigenvalue weighted by Crippen LogP contribution is -2.21. The number of rotatable bonds is 4. The lowest BCUT2D eigenvalue weighted by molar-refractivity contribution is 0.104. The molecule has 2 atom stereocenters. The van der Waals surface area contributed by atoms with Crippen LogP contribution in [0, 0.1) is 11.8 Å². The average Bonchev–Trinajstić information content (AvgIpc) is 2.94. The van der Waals surface area contributed by atoms with Crippen molar-refractivity contribution in [3.05, 3.63) is 40.9 Å². The predicted octanol–water partition coefficient (Wildman–Crippen LogP) is 2.23. The monoisotopic (exact) mass is 348 g/mol. The number of fused-ring (bicyclic) bond motifs is 1. The molecule has 1 saturated heterocycles. The first kappa shape index (κ1) is 14.8. The van der Waals surface area contributed by atoms with Gasteiger partial charge in [-0.3, -0.25) is 4.79 Å². The summed E-state index contributed by atoms with van der Waals surface area (Å²) in [7, 11) is -3.32. The predicted molar refractivity (Wildman–Crippen MR) is 88.9 cm³/mol. The zero-order chi connectivity index (χ0) is 16.2. The Bertz CT molecular complexity index is 878. The van der Waals surface area contributed by atoms with Gasteiger partial charge in [-0.15, -0.1) is 0 Å². The first-order valence-electron chi connectivity index (χ1n) is 7.47. The highest BCUT2D eigenvalue weighted by Gasteiger charge is 2.45. The molecular formula is C16H16N2O3S2. The molecular weight excluding hydrogens is 332 g/mol. The number of piperidine rings is 1. The van der Waals surface area contributed by atoms with Crippen molar-refractivity contribution in [3.8, 4) is 0 Å². The summed E-state index contributed by atoms with van der Waals surface area (Å²) in [6, 6.07) is 6.17. The van der Waals surface area contributed by atoms with Gasteiger partial charge in [0, 0.05) is 24.9 Å². The molecule has 7 heteroatoms. The molecule has 5 nitrogen and oxygen atoms in total. The molecule has 0 N–H and O–H groups in total. The zero-order valence-corrected chi connectivity index (χ0v) is 14.2. The normalized spacial score (nSPS) is 22.9. The highest BCUT2D eigenvalue weighted by Crippen LogP contribution is 2.46. The van der Waals surface area contributed by atoms with Crippen molar-refractivity contribution in [1.82, 2.24) is 4.98 Å². The van der Waals surface area contributed by atoms with Crippen molar-refractivity contribution in [2.24, 2.45) is 11.8 Å². The Hall–Kier alpha value is -1.73. The summed E-state index contributed by atoms with van der Waals surface area (Å²) in [5, 5.41) is 0.889. The molecule has 23 heavy (non-hydrogen) atoms. The van der Waals surface area contributed by atoms with Gasteiger partial charge < -0.3 is 4.90 Å². The topological polar surface area (TPSA) is 67.3 Å². The van der Waals surface area contributed by atoms with E-state index in [1.54, 1.807) is 18.3 Å². The number of hydrogen-bond donors (Lipinski definition) is 0. The van der Waals surface area contributed by atoms with E-state index in [4.69, 9.17) is 0 Å². The van der Waals surface area contributed by atoms with E-state index in [-0.39, 0.29) is 10.7 Å². The van der Waals surface area contributed by atoms with Crippen LogP contribution in [0.2, 0.25) is 0 Å². The van der Waals surface area contributed by atoms with Crippen molar-refractivity contribution in [2.75, 3.05) is 24.2 Å². The van der Waals surface area contributed by atoms with Gasteiger partial charge in [0.1, 0.15) is 0 Å². The second kappa shape index (κ2) is 5.14. The van der Waals surface area contributed by atoms with Gasteiger partial charge in [-0.05, 0) is 30.4 Å². The zero-order valence-electron chi connectivity index (χ0n) is 12.6. The lowest BCUT2D eigenvalue weighted by Gasteiger charge is -2.15. The van der Waals surface area contributed by atoms with Gasteiger partial charge in [-0.2, -0.15) is 0 Å². The van der Waals surface area contributed by atoms with Crippen LogP contribution in [0.15, 0.2) is 35.4 Å². The van der Waals surface area contributed by atoms with Gasteiger partial charge in [0.05, 0.1) is 16.0 Å². The Labute approximate surface area is 138 Å². The quantitative estimate of drug-likeness (QED) is 0.793. The molecule has 2 aliphatic rings. The third kappa shape index (κ3) is 2.79. The number of aromatic nitrogens is 1. The van der Waals surface area contributed by atoms with E-state index in [1.165, 1.54) is 29.9 Å². The number of carbonyl (C=O) groups is 1. The van der Waals surface area contributed by atoms with Gasteiger partial charge >= 0.3 is 0 Å². The number of sulfone groups is 1. The van der Waals surface area contributed by atoms with Crippen LogP contribution in [0.3, 0.4) is 0 Å². The van der Waals surface area contributed by atoms with Crippen molar-refractivity contribution >= 4 is 32.1 Å². The van der Waals surface area contributed by atoms with Crippen LogP contribution in [0.5, 0.6) is 0 Å². The van der Waals surface area contributed by atoms with Crippen molar-refractivity contribution in [2.45, 2.75) is 11.3 Å². The van der Waals surface area contributed by atoms with Crippen LogP contribution in [0.1, 0.15) is 21.7 Å². The van der Waals surface area contributed by atoms with Crippen molar-refractivity contribution in [3.63, 3.8) is 0 Å². The minimum absolute atomic E-state index is 0.160. The largest absolute Gasteiger partial charge is 0.348 e. The molecule has 1 saturated carbocycles. The van der Waals surface area contributed by atoms with E-state index in [0.717, 1.165) is 36.3 Å². The molecule has 4 rings (SSSR count). The molecule has 2 aromatic rings. The van der Waals surface area contributed by atoms with Crippen molar-refractivity contribution in [1.29, 1.82) is 0 Å². The minimum Gasteiger partial charge on any atom is -0.348 e. The maximum Gasteiger partial charge on any atom is 0.204 e. The number of ketones is 1. The fourth-order valence-corrected chi connectivity index (χ4v) is 4.64. The van der Waals surface area contributed by atoms with Crippen LogP contribution in [-0.2, 0) is 9.84 Å². The van der Waals surface area contributed by atoms with Gasteiger partial charge in [0.2, 0.25) is 5.78 Å². The SMILES string of the molecule is CS(=O)(=O)c1cccc(C(=O)c2cnc(N3CC4CC4C3)s2)c1. The molecule has 1 aromatic heterocycles. The minimum atomic E-state index is -3.32. The first-order valence-corrected chi connectivity index (χ1v) is 10.2. The van der Waals surface area contributed by atoms with Crippen molar-refractivity contribution < 1.29 is 13.2 Å². The number of nitrogens with zero attached hydrogens (tertiary/aromatic N) is 2. The van der Waals surface area contributed by atoms with E-state index >= 15 is 0 Å². The molecule has 0 radical (unpaired) electrons. The lowest BCUT2D eigenvalue weighted by atomic mass is 10.1. The Kier molecular flexibility index (Phi) is 3.32. The van der Waals surface area contributed by atoms with Crippen LogP contribution in [-0.4, -0.2) is 38.5 Å². The van der Waals surface area contributed by atoms with Crippen LogP contribution in [0.4, 0.5) is 5.13 Å². The highest BCUT2D eigenvalue weighted by molar-refractivity contribution is 7.90. The van der Waals surface area contributed by atoms with E-state index in [0.29, 0.717) is 10.4 Å². The van der Waals surface area contributed by atoms with Crippen LogP contribution >= 0.6 is 11.3 Å².